The molecule has 0 aliphatic rings. The SMILES string of the molecule is c1ccc(-c2ccnc(-c3ccccc3)c2-c2ccc(-c3ccc4c(-c5ccc6ccccc6c5)c5ccccc5c(-c5ccc6ccccc6c5)c4c3)cc2)cc1. The van der Waals surface area contributed by atoms with Gasteiger partial charge in [-0.15, -0.1) is 0 Å². The van der Waals surface area contributed by atoms with Gasteiger partial charge in [-0.1, -0.05) is 194 Å². The minimum atomic E-state index is 0.980. The van der Waals surface area contributed by atoms with Gasteiger partial charge in [-0.05, 0) is 117 Å². The number of nitrogens with zero attached hydrogens (tertiary/aromatic N) is 1. The molecule has 10 aromatic carbocycles. The molecule has 270 valence electrons. The van der Waals surface area contributed by atoms with Crippen molar-refractivity contribution in [3.63, 3.8) is 0 Å². The van der Waals surface area contributed by atoms with Gasteiger partial charge in [0.2, 0.25) is 0 Å². The molecule has 0 N–H and O–H groups in total. The van der Waals surface area contributed by atoms with Crippen molar-refractivity contribution in [1.82, 2.24) is 4.98 Å². The molecule has 0 aliphatic carbocycles. The molecule has 1 heteroatoms. The van der Waals surface area contributed by atoms with Gasteiger partial charge in [-0.25, -0.2) is 0 Å². The largest absolute Gasteiger partial charge is 0.256 e. The monoisotopic (exact) mass is 735 g/mol. The third-order valence-corrected chi connectivity index (χ3v) is 11.7. The van der Waals surface area contributed by atoms with E-state index >= 15 is 0 Å². The molecule has 0 aliphatic heterocycles. The van der Waals surface area contributed by atoms with Gasteiger partial charge in [0, 0.05) is 17.3 Å². The van der Waals surface area contributed by atoms with Crippen molar-refractivity contribution in [3.8, 4) is 66.9 Å². The second-order valence-corrected chi connectivity index (χ2v) is 15.1. The van der Waals surface area contributed by atoms with Crippen LogP contribution in [0.25, 0.3) is 110 Å². The zero-order chi connectivity index (χ0) is 38.4. The lowest BCUT2D eigenvalue weighted by molar-refractivity contribution is 1.32. The Morgan fingerprint density at radius 2 is 0.707 bits per heavy atom. The van der Waals surface area contributed by atoms with E-state index in [4.69, 9.17) is 4.98 Å². The lowest BCUT2D eigenvalue weighted by Crippen LogP contribution is -1.94. The zero-order valence-electron chi connectivity index (χ0n) is 31.8. The number of hydrogen-bond acceptors (Lipinski definition) is 1. The van der Waals surface area contributed by atoms with Crippen molar-refractivity contribution in [2.75, 3.05) is 0 Å². The zero-order valence-corrected chi connectivity index (χ0v) is 31.8. The maximum absolute atomic E-state index is 4.96. The highest BCUT2D eigenvalue weighted by Gasteiger charge is 2.19. The van der Waals surface area contributed by atoms with Crippen LogP contribution in [0.2, 0.25) is 0 Å². The van der Waals surface area contributed by atoms with Crippen LogP contribution in [0.1, 0.15) is 0 Å². The van der Waals surface area contributed by atoms with Crippen LogP contribution in [0, 0.1) is 0 Å². The summed E-state index contributed by atoms with van der Waals surface area (Å²) in [5.41, 5.74) is 14.0. The fraction of sp³-hybridized carbons (Fsp3) is 0. The van der Waals surface area contributed by atoms with Gasteiger partial charge in [0.1, 0.15) is 0 Å². The normalized spacial score (nSPS) is 11.4. The molecule has 0 fully saturated rings. The van der Waals surface area contributed by atoms with Crippen molar-refractivity contribution in [3.05, 3.63) is 225 Å². The molecular formula is C57H37N. The van der Waals surface area contributed by atoms with Crippen molar-refractivity contribution < 1.29 is 0 Å². The van der Waals surface area contributed by atoms with Gasteiger partial charge in [0.25, 0.3) is 0 Å². The first-order valence-corrected chi connectivity index (χ1v) is 19.9. The maximum atomic E-state index is 4.96. The van der Waals surface area contributed by atoms with Crippen LogP contribution in [-0.4, -0.2) is 4.98 Å². The van der Waals surface area contributed by atoms with Gasteiger partial charge >= 0.3 is 0 Å². The molecule has 0 amide bonds. The van der Waals surface area contributed by atoms with E-state index in [0.29, 0.717) is 0 Å². The number of hydrogen-bond donors (Lipinski definition) is 0. The van der Waals surface area contributed by atoms with Gasteiger partial charge in [0.05, 0.1) is 5.69 Å². The first-order valence-electron chi connectivity index (χ1n) is 19.9. The van der Waals surface area contributed by atoms with E-state index in [1.165, 1.54) is 87.6 Å². The van der Waals surface area contributed by atoms with E-state index in [9.17, 15) is 0 Å². The lowest BCUT2D eigenvalue weighted by atomic mass is 9.84. The molecule has 11 aromatic rings. The Bertz CT molecular complexity index is 3250. The summed E-state index contributed by atoms with van der Waals surface area (Å²) in [7, 11) is 0. The van der Waals surface area contributed by atoms with Crippen LogP contribution in [0.5, 0.6) is 0 Å². The molecule has 0 bridgehead atoms. The molecule has 0 saturated carbocycles. The average molecular weight is 736 g/mol. The minimum absolute atomic E-state index is 0.980. The summed E-state index contributed by atoms with van der Waals surface area (Å²) in [5.74, 6) is 0. The topological polar surface area (TPSA) is 12.9 Å². The maximum Gasteiger partial charge on any atom is 0.0786 e. The second kappa shape index (κ2) is 14.2. The number of aromatic nitrogens is 1. The molecule has 1 heterocycles. The summed E-state index contributed by atoms with van der Waals surface area (Å²) in [6, 6.07) is 79.5. The van der Waals surface area contributed by atoms with Crippen LogP contribution in [0.4, 0.5) is 0 Å². The summed E-state index contributed by atoms with van der Waals surface area (Å²) in [6.45, 7) is 0. The van der Waals surface area contributed by atoms with Gasteiger partial charge < -0.3 is 0 Å². The third kappa shape index (κ3) is 5.84. The smallest absolute Gasteiger partial charge is 0.0786 e. The fourth-order valence-electron chi connectivity index (χ4n) is 8.93. The van der Waals surface area contributed by atoms with Gasteiger partial charge in [-0.2, -0.15) is 0 Å². The Hall–Kier alpha value is -7.61. The van der Waals surface area contributed by atoms with E-state index in [1.807, 2.05) is 6.20 Å². The summed E-state index contributed by atoms with van der Waals surface area (Å²) >= 11 is 0. The Balaban J connectivity index is 1.12. The Morgan fingerprint density at radius 1 is 0.241 bits per heavy atom. The Labute approximate surface area is 338 Å². The molecule has 1 nitrogen and oxygen atoms in total. The summed E-state index contributed by atoms with van der Waals surface area (Å²) in [4.78, 5) is 4.96. The lowest BCUT2D eigenvalue weighted by Gasteiger charge is -2.19. The van der Waals surface area contributed by atoms with Gasteiger partial charge in [0.15, 0.2) is 0 Å². The number of benzene rings is 10. The van der Waals surface area contributed by atoms with Crippen LogP contribution in [0.15, 0.2) is 225 Å². The molecule has 0 atom stereocenters. The van der Waals surface area contributed by atoms with E-state index in [0.717, 1.165) is 22.4 Å². The predicted molar refractivity (Wildman–Crippen MR) is 247 cm³/mol. The second-order valence-electron chi connectivity index (χ2n) is 15.1. The fourth-order valence-corrected chi connectivity index (χ4v) is 8.93. The Kier molecular flexibility index (Phi) is 8.23. The molecule has 0 unspecified atom stereocenters. The van der Waals surface area contributed by atoms with E-state index < -0.39 is 0 Å². The number of pyridine rings is 1. The molecule has 0 radical (unpaired) electrons. The average Bonchev–Trinajstić information content (AvgIpc) is 3.30. The van der Waals surface area contributed by atoms with Crippen LogP contribution in [-0.2, 0) is 0 Å². The van der Waals surface area contributed by atoms with E-state index in [1.54, 1.807) is 0 Å². The summed E-state index contributed by atoms with van der Waals surface area (Å²) < 4.78 is 0. The van der Waals surface area contributed by atoms with E-state index in [-0.39, 0.29) is 0 Å². The molecule has 0 spiro atoms. The van der Waals surface area contributed by atoms with E-state index in [2.05, 4.69) is 218 Å². The first-order chi connectivity index (χ1) is 28.8. The highest BCUT2D eigenvalue weighted by molar-refractivity contribution is 6.22. The summed E-state index contributed by atoms with van der Waals surface area (Å²) in [6.07, 6.45) is 1.93. The first kappa shape index (κ1) is 33.7. The molecule has 58 heavy (non-hydrogen) atoms. The van der Waals surface area contributed by atoms with Crippen LogP contribution < -0.4 is 0 Å². The molecule has 11 rings (SSSR count). The highest BCUT2D eigenvalue weighted by Crippen LogP contribution is 2.46. The standard InChI is InChI=1S/C57H37N/c1-3-15-41(16-4-1)49-33-34-58-57(43-17-5-2-6-18-43)56(49)42-27-23-40(24-28-42)46-31-32-52-53(37-46)55(48-30-26-39-14-8-10-20-45(39)36-48)51-22-12-11-21-50(51)54(52)47-29-25-38-13-7-9-19-44(38)35-47/h1-37H. The van der Waals surface area contributed by atoms with Crippen molar-refractivity contribution >= 4 is 43.1 Å². The quantitative estimate of drug-likeness (QED) is 0.155. The highest BCUT2D eigenvalue weighted by atomic mass is 14.7. The van der Waals surface area contributed by atoms with Crippen LogP contribution >= 0.6 is 0 Å². The minimum Gasteiger partial charge on any atom is -0.256 e. The third-order valence-electron chi connectivity index (χ3n) is 11.7. The number of fused-ring (bicyclic) bond motifs is 4. The molecule has 0 saturated heterocycles. The number of rotatable bonds is 6. The predicted octanol–water partition coefficient (Wildman–Crippen LogP) is 15.7. The van der Waals surface area contributed by atoms with Crippen molar-refractivity contribution in [1.29, 1.82) is 0 Å². The summed E-state index contributed by atoms with van der Waals surface area (Å²) in [5, 5.41) is 9.96. The van der Waals surface area contributed by atoms with Crippen molar-refractivity contribution in [2.45, 2.75) is 0 Å². The molecule has 1 aromatic heterocycles. The van der Waals surface area contributed by atoms with Gasteiger partial charge in [-0.3, -0.25) is 4.98 Å². The van der Waals surface area contributed by atoms with Crippen LogP contribution in [0.3, 0.4) is 0 Å². The Morgan fingerprint density at radius 3 is 1.33 bits per heavy atom. The van der Waals surface area contributed by atoms with Crippen molar-refractivity contribution in [2.24, 2.45) is 0 Å². The molecular weight excluding hydrogens is 699 g/mol.